The highest BCUT2D eigenvalue weighted by Crippen LogP contribution is 2.32. The van der Waals surface area contributed by atoms with Crippen LogP contribution < -0.4 is 9.47 Å². The molecule has 158 valence electrons. The van der Waals surface area contributed by atoms with Gasteiger partial charge in [0.2, 0.25) is 17.6 Å². The molecule has 7 nitrogen and oxygen atoms in total. The van der Waals surface area contributed by atoms with Crippen LogP contribution in [0.2, 0.25) is 5.02 Å². The summed E-state index contributed by atoms with van der Waals surface area (Å²) in [6.07, 6.45) is 0. The van der Waals surface area contributed by atoms with Crippen molar-refractivity contribution in [2.24, 2.45) is 0 Å². The first-order valence-electron chi connectivity index (χ1n) is 9.13. The number of benzene rings is 2. The zero-order chi connectivity index (χ0) is 21.7. The van der Waals surface area contributed by atoms with Crippen molar-refractivity contribution in [3.05, 3.63) is 53.4 Å². The van der Waals surface area contributed by atoms with Crippen LogP contribution in [0.4, 0.5) is 0 Å². The summed E-state index contributed by atoms with van der Waals surface area (Å²) in [5, 5.41) is 4.41. The molecule has 3 rings (SSSR count). The standard InChI is InChI=1S/C21H22ClN3O4S/c1-13(30-16-8-5-14(22)6-9-16)21(26)25(2)12-19-23-20(24-29-19)17-10-7-15(27-3)11-18(17)28-4/h5-11,13H,12H2,1-4H3/t13-/m0/s1. The van der Waals surface area contributed by atoms with Crippen molar-refractivity contribution in [2.45, 2.75) is 23.6 Å². The molecule has 0 aliphatic heterocycles. The highest BCUT2D eigenvalue weighted by atomic mass is 35.5. The molecule has 0 radical (unpaired) electrons. The van der Waals surface area contributed by atoms with E-state index in [0.717, 1.165) is 4.90 Å². The molecule has 1 aromatic heterocycles. The summed E-state index contributed by atoms with van der Waals surface area (Å²) in [7, 11) is 4.85. The van der Waals surface area contributed by atoms with Crippen molar-refractivity contribution in [3.8, 4) is 22.9 Å². The minimum Gasteiger partial charge on any atom is -0.497 e. The summed E-state index contributed by atoms with van der Waals surface area (Å²) in [6, 6.07) is 12.7. The summed E-state index contributed by atoms with van der Waals surface area (Å²) < 4.78 is 15.9. The second kappa shape index (κ2) is 9.86. The van der Waals surface area contributed by atoms with E-state index in [1.807, 2.05) is 19.1 Å². The van der Waals surface area contributed by atoms with Gasteiger partial charge in [0.1, 0.15) is 11.5 Å². The Hall–Kier alpha value is -2.71. The van der Waals surface area contributed by atoms with E-state index in [1.165, 1.54) is 11.8 Å². The summed E-state index contributed by atoms with van der Waals surface area (Å²) >= 11 is 7.37. The second-order valence-electron chi connectivity index (χ2n) is 6.49. The van der Waals surface area contributed by atoms with Gasteiger partial charge in [-0.2, -0.15) is 4.98 Å². The van der Waals surface area contributed by atoms with Crippen LogP contribution in [0.1, 0.15) is 12.8 Å². The van der Waals surface area contributed by atoms with Crippen LogP contribution >= 0.6 is 23.4 Å². The van der Waals surface area contributed by atoms with Gasteiger partial charge in [0.05, 0.1) is 31.6 Å². The Morgan fingerprint density at radius 1 is 1.20 bits per heavy atom. The third-order valence-electron chi connectivity index (χ3n) is 4.34. The number of methoxy groups -OCH3 is 2. The maximum atomic E-state index is 12.7. The van der Waals surface area contributed by atoms with E-state index in [-0.39, 0.29) is 17.7 Å². The van der Waals surface area contributed by atoms with Crippen LogP contribution in [0.25, 0.3) is 11.4 Å². The first kappa shape index (κ1) is 22.0. The number of halogens is 1. The van der Waals surface area contributed by atoms with Crippen molar-refractivity contribution in [2.75, 3.05) is 21.3 Å². The van der Waals surface area contributed by atoms with Crippen LogP contribution in [-0.4, -0.2) is 47.5 Å². The number of rotatable bonds is 8. The number of hydrogen-bond donors (Lipinski definition) is 0. The van der Waals surface area contributed by atoms with Gasteiger partial charge in [-0.3, -0.25) is 4.79 Å². The molecule has 0 unspecified atom stereocenters. The van der Waals surface area contributed by atoms with Crippen molar-refractivity contribution >= 4 is 29.3 Å². The molecule has 1 heterocycles. The minimum absolute atomic E-state index is 0.0447. The van der Waals surface area contributed by atoms with E-state index in [0.29, 0.717) is 33.8 Å². The molecule has 30 heavy (non-hydrogen) atoms. The van der Waals surface area contributed by atoms with Crippen molar-refractivity contribution in [3.63, 3.8) is 0 Å². The predicted octanol–water partition coefficient (Wildman–Crippen LogP) is 4.55. The van der Waals surface area contributed by atoms with Crippen molar-refractivity contribution < 1.29 is 18.8 Å². The number of thioether (sulfide) groups is 1. The Labute approximate surface area is 184 Å². The normalized spacial score (nSPS) is 11.8. The highest BCUT2D eigenvalue weighted by molar-refractivity contribution is 8.00. The molecule has 0 fully saturated rings. The zero-order valence-electron chi connectivity index (χ0n) is 17.1. The molecule has 0 N–H and O–H groups in total. The number of nitrogens with zero attached hydrogens (tertiary/aromatic N) is 3. The molecule has 0 bridgehead atoms. The third-order valence-corrected chi connectivity index (χ3v) is 5.69. The number of hydrogen-bond acceptors (Lipinski definition) is 7. The van der Waals surface area contributed by atoms with E-state index in [9.17, 15) is 4.79 Å². The fourth-order valence-electron chi connectivity index (χ4n) is 2.77. The Morgan fingerprint density at radius 2 is 1.93 bits per heavy atom. The average Bonchev–Trinajstić information content (AvgIpc) is 3.22. The molecule has 1 amide bonds. The monoisotopic (exact) mass is 447 g/mol. The van der Waals surface area contributed by atoms with Gasteiger partial charge in [-0.1, -0.05) is 16.8 Å². The van der Waals surface area contributed by atoms with Gasteiger partial charge in [0.25, 0.3) is 0 Å². The van der Waals surface area contributed by atoms with Gasteiger partial charge in [-0.05, 0) is 43.3 Å². The first-order valence-corrected chi connectivity index (χ1v) is 10.4. The quantitative estimate of drug-likeness (QED) is 0.469. The fourth-order valence-corrected chi connectivity index (χ4v) is 3.88. The maximum absolute atomic E-state index is 12.7. The highest BCUT2D eigenvalue weighted by Gasteiger charge is 2.21. The molecule has 1 atom stereocenters. The van der Waals surface area contributed by atoms with Gasteiger partial charge < -0.3 is 18.9 Å². The fraction of sp³-hybridized carbons (Fsp3) is 0.286. The Balaban J connectivity index is 1.66. The van der Waals surface area contributed by atoms with E-state index >= 15 is 0 Å². The Bertz CT molecular complexity index is 1010. The molecule has 0 aliphatic carbocycles. The SMILES string of the molecule is COc1ccc(-c2noc(CN(C)C(=O)[C@H](C)Sc3ccc(Cl)cc3)n2)c(OC)c1. The van der Waals surface area contributed by atoms with E-state index < -0.39 is 0 Å². The van der Waals surface area contributed by atoms with Crippen LogP contribution in [0.5, 0.6) is 11.5 Å². The van der Waals surface area contributed by atoms with Crippen LogP contribution in [0.3, 0.4) is 0 Å². The van der Waals surface area contributed by atoms with Gasteiger partial charge in [0, 0.05) is 23.0 Å². The van der Waals surface area contributed by atoms with E-state index in [4.69, 9.17) is 25.6 Å². The largest absolute Gasteiger partial charge is 0.497 e. The Morgan fingerprint density at radius 3 is 2.60 bits per heavy atom. The van der Waals surface area contributed by atoms with E-state index in [2.05, 4.69) is 10.1 Å². The van der Waals surface area contributed by atoms with E-state index in [1.54, 1.807) is 56.5 Å². The lowest BCUT2D eigenvalue weighted by Gasteiger charge is -2.19. The van der Waals surface area contributed by atoms with Gasteiger partial charge >= 0.3 is 0 Å². The number of ether oxygens (including phenoxy) is 2. The molecule has 0 spiro atoms. The summed E-state index contributed by atoms with van der Waals surface area (Å²) in [5.74, 6) is 1.91. The Kier molecular flexibility index (Phi) is 7.23. The molecule has 0 saturated heterocycles. The van der Waals surface area contributed by atoms with Crippen LogP contribution in [0.15, 0.2) is 51.9 Å². The summed E-state index contributed by atoms with van der Waals surface area (Å²) in [4.78, 5) is 19.7. The maximum Gasteiger partial charge on any atom is 0.246 e. The predicted molar refractivity (Wildman–Crippen MR) is 116 cm³/mol. The first-order chi connectivity index (χ1) is 14.4. The molecule has 2 aromatic carbocycles. The summed E-state index contributed by atoms with van der Waals surface area (Å²) in [5.41, 5.74) is 0.675. The summed E-state index contributed by atoms with van der Waals surface area (Å²) in [6.45, 7) is 2.06. The second-order valence-corrected chi connectivity index (χ2v) is 8.34. The lowest BCUT2D eigenvalue weighted by atomic mass is 10.2. The van der Waals surface area contributed by atoms with Gasteiger partial charge in [-0.25, -0.2) is 0 Å². The number of carbonyl (C=O) groups excluding carboxylic acids is 1. The van der Waals surface area contributed by atoms with Crippen LogP contribution in [-0.2, 0) is 11.3 Å². The van der Waals surface area contributed by atoms with Crippen LogP contribution in [0, 0.1) is 0 Å². The molecular weight excluding hydrogens is 426 g/mol. The molecule has 0 saturated carbocycles. The van der Waals surface area contributed by atoms with Gasteiger partial charge in [0.15, 0.2) is 0 Å². The molecule has 9 heteroatoms. The third kappa shape index (κ3) is 5.25. The minimum atomic E-state index is -0.278. The van der Waals surface area contributed by atoms with Crippen molar-refractivity contribution in [1.29, 1.82) is 0 Å². The molecule has 0 aliphatic rings. The average molecular weight is 448 g/mol. The number of carbonyl (C=O) groups is 1. The lowest BCUT2D eigenvalue weighted by molar-refractivity contribution is -0.129. The van der Waals surface area contributed by atoms with Crippen molar-refractivity contribution in [1.82, 2.24) is 15.0 Å². The number of aromatic nitrogens is 2. The smallest absolute Gasteiger partial charge is 0.246 e. The molecule has 3 aromatic rings. The topological polar surface area (TPSA) is 77.7 Å². The zero-order valence-corrected chi connectivity index (χ0v) is 18.7. The molecular formula is C21H22ClN3O4S. The lowest BCUT2D eigenvalue weighted by Crippen LogP contribution is -2.32. The number of amides is 1. The van der Waals surface area contributed by atoms with Gasteiger partial charge in [-0.15, -0.1) is 11.8 Å².